The molecule has 1 aromatic heterocycles. The Labute approximate surface area is 185 Å². The molecule has 32 heavy (non-hydrogen) atoms. The number of nitriles is 1. The van der Waals surface area contributed by atoms with Gasteiger partial charge in [0.1, 0.15) is 5.82 Å². The van der Waals surface area contributed by atoms with Crippen LogP contribution in [-0.4, -0.2) is 31.9 Å². The molecular formula is C24H21FN4O2S. The van der Waals surface area contributed by atoms with Crippen molar-refractivity contribution in [1.82, 2.24) is 15.5 Å². The average molecular weight is 449 g/mol. The predicted molar refractivity (Wildman–Crippen MR) is 122 cm³/mol. The van der Waals surface area contributed by atoms with Crippen LogP contribution in [0.2, 0.25) is 0 Å². The highest BCUT2D eigenvalue weighted by molar-refractivity contribution is 7.90. The molecule has 0 bridgehead atoms. The summed E-state index contributed by atoms with van der Waals surface area (Å²) < 4.78 is 38.6. The smallest absolute Gasteiger partial charge is 0.175 e. The van der Waals surface area contributed by atoms with Crippen molar-refractivity contribution in [3.63, 3.8) is 0 Å². The van der Waals surface area contributed by atoms with Crippen LogP contribution >= 0.6 is 0 Å². The first-order valence-corrected chi connectivity index (χ1v) is 11.8. The average Bonchev–Trinajstić information content (AvgIpc) is 3.15. The fraction of sp³-hybridized carbons (Fsp3) is 0.167. The minimum atomic E-state index is -3.31. The second kappa shape index (κ2) is 8.19. The third kappa shape index (κ3) is 3.88. The Morgan fingerprint density at radius 3 is 2.47 bits per heavy atom. The van der Waals surface area contributed by atoms with Gasteiger partial charge in [-0.25, -0.2) is 12.8 Å². The molecule has 1 heterocycles. The van der Waals surface area contributed by atoms with Gasteiger partial charge < -0.3 is 5.32 Å². The maximum atomic E-state index is 15.1. The van der Waals surface area contributed by atoms with Crippen LogP contribution in [0.25, 0.3) is 33.3 Å². The van der Waals surface area contributed by atoms with Gasteiger partial charge in [0, 0.05) is 34.9 Å². The fourth-order valence-corrected chi connectivity index (χ4v) is 4.54. The second-order valence-electron chi connectivity index (χ2n) is 7.72. The molecule has 0 spiro atoms. The number of benzene rings is 3. The number of sulfone groups is 1. The molecule has 0 unspecified atom stereocenters. The van der Waals surface area contributed by atoms with Gasteiger partial charge in [0.05, 0.1) is 27.7 Å². The van der Waals surface area contributed by atoms with Crippen LogP contribution in [-0.2, 0) is 16.4 Å². The number of aryl methyl sites for hydroxylation is 1. The number of H-pyrrole nitrogens is 1. The van der Waals surface area contributed by atoms with Crippen LogP contribution in [0.4, 0.5) is 4.39 Å². The number of rotatable bonds is 5. The van der Waals surface area contributed by atoms with E-state index in [0.717, 1.165) is 17.4 Å². The molecule has 0 atom stereocenters. The van der Waals surface area contributed by atoms with Crippen LogP contribution in [0.15, 0.2) is 53.4 Å². The van der Waals surface area contributed by atoms with Crippen molar-refractivity contribution < 1.29 is 12.8 Å². The summed E-state index contributed by atoms with van der Waals surface area (Å²) in [7, 11) is -1.51. The molecule has 0 aliphatic carbocycles. The summed E-state index contributed by atoms with van der Waals surface area (Å²) in [5.41, 5.74) is 4.69. The standard InChI is InChI=1S/C24H21FN4O2S/c1-14-8-15(13-27-2)9-21(25)23(14)19-11-20-22(10-17(19)12-26)28-29-24(20)16-4-6-18(7-5-16)32(3,30)31/h4-11,27H,13H2,1-3H3,(H,28,29). The normalized spacial score (nSPS) is 11.6. The van der Waals surface area contributed by atoms with Gasteiger partial charge in [-0.2, -0.15) is 10.4 Å². The van der Waals surface area contributed by atoms with Gasteiger partial charge in [-0.1, -0.05) is 18.2 Å². The molecule has 0 aliphatic rings. The summed E-state index contributed by atoms with van der Waals surface area (Å²) in [6.07, 6.45) is 1.15. The molecular weight excluding hydrogens is 427 g/mol. The van der Waals surface area contributed by atoms with E-state index in [1.54, 1.807) is 31.3 Å². The summed E-state index contributed by atoms with van der Waals surface area (Å²) in [6, 6.07) is 15.4. The molecule has 0 saturated carbocycles. The molecule has 6 nitrogen and oxygen atoms in total. The van der Waals surface area contributed by atoms with Crippen LogP contribution in [0.1, 0.15) is 16.7 Å². The molecule has 3 aromatic carbocycles. The summed E-state index contributed by atoms with van der Waals surface area (Å²) in [5, 5.41) is 20.7. The van der Waals surface area contributed by atoms with E-state index >= 15 is 4.39 Å². The maximum Gasteiger partial charge on any atom is 0.175 e. The Kier molecular flexibility index (Phi) is 5.55. The third-order valence-corrected chi connectivity index (χ3v) is 6.50. The zero-order valence-corrected chi connectivity index (χ0v) is 18.6. The minimum absolute atomic E-state index is 0.216. The van der Waals surface area contributed by atoms with E-state index in [0.29, 0.717) is 45.4 Å². The SMILES string of the molecule is CNCc1cc(C)c(-c2cc3c(-c4ccc(S(C)(=O)=O)cc4)n[nH]c3cc2C#N)c(F)c1. The molecule has 4 aromatic rings. The monoisotopic (exact) mass is 448 g/mol. The zero-order valence-electron chi connectivity index (χ0n) is 17.8. The van der Waals surface area contributed by atoms with Crippen LogP contribution in [0, 0.1) is 24.1 Å². The summed E-state index contributed by atoms with van der Waals surface area (Å²) in [4.78, 5) is 0.216. The third-order valence-electron chi connectivity index (χ3n) is 5.37. The highest BCUT2D eigenvalue weighted by Crippen LogP contribution is 2.36. The Balaban J connectivity index is 1.90. The molecule has 4 rings (SSSR count). The van der Waals surface area contributed by atoms with E-state index in [-0.39, 0.29) is 4.90 Å². The molecule has 0 radical (unpaired) electrons. The van der Waals surface area contributed by atoms with Crippen molar-refractivity contribution in [3.8, 4) is 28.5 Å². The van der Waals surface area contributed by atoms with E-state index in [9.17, 15) is 13.7 Å². The van der Waals surface area contributed by atoms with Crippen molar-refractivity contribution >= 4 is 20.7 Å². The lowest BCUT2D eigenvalue weighted by Crippen LogP contribution is -2.06. The Bertz CT molecular complexity index is 1460. The summed E-state index contributed by atoms with van der Waals surface area (Å²) >= 11 is 0. The van der Waals surface area contributed by atoms with Gasteiger partial charge in [0.15, 0.2) is 9.84 Å². The van der Waals surface area contributed by atoms with Crippen molar-refractivity contribution in [1.29, 1.82) is 5.26 Å². The lowest BCUT2D eigenvalue weighted by Gasteiger charge is -2.13. The molecule has 0 fully saturated rings. The van der Waals surface area contributed by atoms with Crippen molar-refractivity contribution in [2.45, 2.75) is 18.4 Å². The van der Waals surface area contributed by atoms with Gasteiger partial charge in [-0.15, -0.1) is 0 Å². The molecule has 2 N–H and O–H groups in total. The maximum absolute atomic E-state index is 15.1. The first-order chi connectivity index (χ1) is 15.2. The summed E-state index contributed by atoms with van der Waals surface area (Å²) in [5.74, 6) is -0.395. The number of halogens is 1. The Morgan fingerprint density at radius 1 is 1.16 bits per heavy atom. The molecule has 8 heteroatoms. The first kappa shape index (κ1) is 21.7. The van der Waals surface area contributed by atoms with Crippen LogP contribution < -0.4 is 5.32 Å². The highest BCUT2D eigenvalue weighted by atomic mass is 32.2. The number of nitrogens with one attached hydrogen (secondary N) is 2. The number of nitrogens with zero attached hydrogens (tertiary/aromatic N) is 2. The lowest BCUT2D eigenvalue weighted by atomic mass is 9.92. The van der Waals surface area contributed by atoms with Crippen molar-refractivity contribution in [2.75, 3.05) is 13.3 Å². The first-order valence-electron chi connectivity index (χ1n) is 9.89. The van der Waals surface area contributed by atoms with Gasteiger partial charge >= 0.3 is 0 Å². The number of aromatic nitrogens is 2. The van der Waals surface area contributed by atoms with Gasteiger partial charge in [0.2, 0.25) is 0 Å². The predicted octanol–water partition coefficient (Wildman–Crippen LogP) is 4.34. The zero-order chi connectivity index (χ0) is 23.0. The highest BCUT2D eigenvalue weighted by Gasteiger charge is 2.18. The largest absolute Gasteiger partial charge is 0.316 e. The number of fused-ring (bicyclic) bond motifs is 1. The van der Waals surface area contributed by atoms with Gasteiger partial charge in [-0.05, 0) is 55.4 Å². The molecule has 162 valence electrons. The molecule has 0 amide bonds. The van der Waals surface area contributed by atoms with E-state index in [1.165, 1.54) is 18.2 Å². The van der Waals surface area contributed by atoms with E-state index in [2.05, 4.69) is 21.6 Å². The number of aromatic amines is 1. The topological polar surface area (TPSA) is 98.6 Å². The second-order valence-corrected chi connectivity index (χ2v) is 9.74. The fourth-order valence-electron chi connectivity index (χ4n) is 3.91. The summed E-state index contributed by atoms with van der Waals surface area (Å²) in [6.45, 7) is 2.36. The van der Waals surface area contributed by atoms with E-state index in [1.807, 2.05) is 13.0 Å². The quantitative estimate of drug-likeness (QED) is 0.473. The van der Waals surface area contributed by atoms with Crippen LogP contribution in [0.3, 0.4) is 0 Å². The van der Waals surface area contributed by atoms with Crippen LogP contribution in [0.5, 0.6) is 0 Å². The number of hydrogen-bond acceptors (Lipinski definition) is 5. The minimum Gasteiger partial charge on any atom is -0.316 e. The van der Waals surface area contributed by atoms with Crippen molar-refractivity contribution in [2.24, 2.45) is 0 Å². The van der Waals surface area contributed by atoms with Gasteiger partial charge in [-0.3, -0.25) is 5.10 Å². The van der Waals surface area contributed by atoms with Crippen molar-refractivity contribution in [3.05, 3.63) is 71.0 Å². The van der Waals surface area contributed by atoms with Gasteiger partial charge in [0.25, 0.3) is 0 Å². The lowest BCUT2D eigenvalue weighted by molar-refractivity contribution is 0.602. The Hall–Kier alpha value is -3.54. The molecule has 0 saturated heterocycles. The van der Waals surface area contributed by atoms with E-state index in [4.69, 9.17) is 0 Å². The Morgan fingerprint density at radius 2 is 1.88 bits per heavy atom. The number of hydrogen-bond donors (Lipinski definition) is 2. The van der Waals surface area contributed by atoms with E-state index < -0.39 is 15.7 Å². The molecule has 0 aliphatic heterocycles.